The molecule has 14 rings (SSSR count). The standard InChI is InChI=1S/C22H19FN2O2S2.C22H20N2O2S2.C21H21F3N2O3S/c1-24-10-8-15(9-11-24)19-13-25(20-7-6-16(23)12-18(19)20)29(26,27)22-14-28-21-5-3-2-4-17(21)22;1-23-12-10-16(11-13-23)19-14-24(20-8-4-2-6-17(19)20)28(25,26)22-15-27-21-9-5-3-7-18(21)22;1-13-10-20(14(2)29-13)30(27,28)26-12-18(15-6-8-25(3)9-7-15)17-11-16(21(22,23)24)4-5-19(17)26/h2-8,12-14H,9-11H2,1H3;2-10,14-15H,11-13H2,1H3;4-6,10-12H,7-9H2,1-3H3. The molecule has 0 aliphatic carbocycles. The van der Waals surface area contributed by atoms with Crippen molar-refractivity contribution >= 4 is 122 Å². The zero-order valence-electron chi connectivity index (χ0n) is 48.0. The second-order valence-electron chi connectivity index (χ2n) is 22.1. The number of rotatable bonds is 9. The molecule has 87 heavy (non-hydrogen) atoms. The van der Waals surface area contributed by atoms with Crippen molar-refractivity contribution in [3.05, 3.63) is 202 Å². The maximum atomic E-state index is 14.0. The first-order valence-corrected chi connectivity index (χ1v) is 34.1. The van der Waals surface area contributed by atoms with Crippen LogP contribution in [-0.2, 0) is 36.2 Å². The average Bonchev–Trinajstić information content (AvgIpc) is 1.67. The van der Waals surface area contributed by atoms with Crippen molar-refractivity contribution in [2.24, 2.45) is 0 Å². The minimum atomic E-state index is -4.52. The van der Waals surface area contributed by atoms with Crippen LogP contribution in [-0.4, -0.2) is 112 Å². The summed E-state index contributed by atoms with van der Waals surface area (Å²) in [6, 6.07) is 31.8. The third kappa shape index (κ3) is 11.3. The molecule has 0 atom stereocenters. The number of fused-ring (bicyclic) bond motifs is 5. The topological polar surface area (TPSA) is 140 Å². The van der Waals surface area contributed by atoms with Crippen molar-refractivity contribution in [1.29, 1.82) is 0 Å². The van der Waals surface area contributed by atoms with Crippen molar-refractivity contribution in [3.8, 4) is 0 Å². The summed E-state index contributed by atoms with van der Waals surface area (Å²) in [5.41, 5.74) is 6.05. The van der Waals surface area contributed by atoms with Gasteiger partial charge in [0.25, 0.3) is 30.1 Å². The third-order valence-electron chi connectivity index (χ3n) is 16.3. The van der Waals surface area contributed by atoms with E-state index in [0.717, 1.165) is 110 Å². The van der Waals surface area contributed by atoms with Gasteiger partial charge < -0.3 is 19.1 Å². The van der Waals surface area contributed by atoms with Gasteiger partial charge in [-0.25, -0.2) is 41.6 Å². The van der Waals surface area contributed by atoms with Gasteiger partial charge in [-0.2, -0.15) is 13.2 Å². The number of aromatic nitrogens is 3. The molecule has 0 amide bonds. The fourth-order valence-electron chi connectivity index (χ4n) is 11.6. The molecule has 11 aromatic rings. The molecule has 5 aromatic carbocycles. The number of alkyl halides is 3. The molecule has 0 saturated heterocycles. The first-order chi connectivity index (χ1) is 41.5. The van der Waals surface area contributed by atoms with Gasteiger partial charge in [-0.05, 0) is 126 Å². The van der Waals surface area contributed by atoms with E-state index in [1.807, 2.05) is 99.2 Å². The van der Waals surface area contributed by atoms with Crippen molar-refractivity contribution in [1.82, 2.24) is 26.6 Å². The molecule has 450 valence electrons. The number of hydrogen-bond donors (Lipinski definition) is 0. The van der Waals surface area contributed by atoms with Crippen LogP contribution in [0.15, 0.2) is 182 Å². The minimum Gasteiger partial charge on any atom is -0.465 e. The Hall–Kier alpha value is -7.41. The Bertz CT molecular complexity index is 4960. The van der Waals surface area contributed by atoms with E-state index < -0.39 is 41.8 Å². The van der Waals surface area contributed by atoms with Gasteiger partial charge in [-0.3, -0.25) is 0 Å². The molecule has 0 radical (unpaired) electrons. The van der Waals surface area contributed by atoms with Crippen LogP contribution < -0.4 is 0 Å². The lowest BCUT2D eigenvalue weighted by Gasteiger charge is -2.21. The van der Waals surface area contributed by atoms with E-state index in [-0.39, 0.29) is 32.3 Å². The summed E-state index contributed by atoms with van der Waals surface area (Å²) in [4.78, 5) is 7.19. The lowest BCUT2D eigenvalue weighted by atomic mass is 9.98. The zero-order chi connectivity index (χ0) is 61.3. The fraction of sp³-hybridized carbons (Fsp3) is 0.231. The van der Waals surface area contributed by atoms with E-state index in [1.165, 1.54) is 66.7 Å². The number of thiophene rings is 2. The van der Waals surface area contributed by atoms with Crippen LogP contribution in [0.25, 0.3) is 69.6 Å². The van der Waals surface area contributed by atoms with E-state index >= 15 is 0 Å². The Kier molecular flexibility index (Phi) is 16.0. The van der Waals surface area contributed by atoms with E-state index in [9.17, 15) is 42.8 Å². The van der Waals surface area contributed by atoms with E-state index in [0.29, 0.717) is 45.5 Å². The number of hydrogen-bond acceptors (Lipinski definition) is 12. The first-order valence-electron chi connectivity index (χ1n) is 28.0. The van der Waals surface area contributed by atoms with Gasteiger partial charge in [0, 0.05) is 128 Å². The Morgan fingerprint density at radius 3 is 1.31 bits per heavy atom. The molecule has 0 fully saturated rings. The normalized spacial score (nSPS) is 16.0. The molecule has 0 saturated carbocycles. The van der Waals surface area contributed by atoms with Crippen LogP contribution >= 0.6 is 22.7 Å². The monoisotopic (exact) mass is 1270 g/mol. The van der Waals surface area contributed by atoms with E-state index in [4.69, 9.17) is 4.42 Å². The Labute approximate surface area is 509 Å². The summed E-state index contributed by atoms with van der Waals surface area (Å²) in [6.07, 6.45) is 8.96. The van der Waals surface area contributed by atoms with E-state index in [1.54, 1.807) is 36.9 Å². The summed E-state index contributed by atoms with van der Waals surface area (Å²) in [7, 11) is -5.46. The second kappa shape index (κ2) is 23.3. The van der Waals surface area contributed by atoms with Gasteiger partial charge in [-0.1, -0.05) is 72.8 Å². The number of furan rings is 1. The highest BCUT2D eigenvalue weighted by Crippen LogP contribution is 2.41. The van der Waals surface area contributed by atoms with Crippen LogP contribution in [0.5, 0.6) is 0 Å². The second-order valence-corrected chi connectivity index (χ2v) is 29.3. The highest BCUT2D eigenvalue weighted by molar-refractivity contribution is 7.91. The molecule has 22 heteroatoms. The number of benzene rings is 5. The number of likely N-dealkylation sites (N-methyl/N-ethyl adjacent to an activating group) is 3. The Morgan fingerprint density at radius 1 is 0.471 bits per heavy atom. The largest absolute Gasteiger partial charge is 0.465 e. The smallest absolute Gasteiger partial charge is 0.416 e. The maximum absolute atomic E-state index is 14.0. The quantitative estimate of drug-likeness (QED) is 0.128. The van der Waals surface area contributed by atoms with Crippen LogP contribution in [0.1, 0.15) is 53.0 Å². The van der Waals surface area contributed by atoms with Gasteiger partial charge >= 0.3 is 6.18 Å². The van der Waals surface area contributed by atoms with Crippen LogP contribution in [0.4, 0.5) is 17.6 Å². The summed E-state index contributed by atoms with van der Waals surface area (Å²) in [5, 5.41) is 6.81. The van der Waals surface area contributed by atoms with Crippen molar-refractivity contribution in [2.45, 2.75) is 54.0 Å². The number of aryl methyl sites for hydroxylation is 2. The third-order valence-corrected chi connectivity index (χ3v) is 23.7. The highest BCUT2D eigenvalue weighted by atomic mass is 32.2. The number of para-hydroxylation sites is 1. The van der Waals surface area contributed by atoms with Gasteiger partial charge in [-0.15, -0.1) is 22.7 Å². The molecule has 9 heterocycles. The molecule has 0 spiro atoms. The zero-order valence-corrected chi connectivity index (χ0v) is 52.1. The Morgan fingerprint density at radius 2 is 0.874 bits per heavy atom. The molecule has 3 aliphatic heterocycles. The van der Waals surface area contributed by atoms with Crippen molar-refractivity contribution in [3.63, 3.8) is 0 Å². The fourth-order valence-corrected chi connectivity index (χ4v) is 18.9. The minimum absolute atomic E-state index is 0.000653. The van der Waals surface area contributed by atoms with Gasteiger partial charge in [0.2, 0.25) is 0 Å². The molecular weight excluding hydrogens is 1210 g/mol. The molecule has 0 bridgehead atoms. The lowest BCUT2D eigenvalue weighted by Crippen LogP contribution is -2.23. The van der Waals surface area contributed by atoms with Gasteiger partial charge in [0.05, 0.1) is 22.1 Å². The molecular formula is C65H60F4N6O7S5. The summed E-state index contributed by atoms with van der Waals surface area (Å²) >= 11 is 2.88. The SMILES string of the molecule is CN1CC=C(c2cn(S(=O)(=O)c3csc4ccccc34)c3ccc(F)cc23)CC1.CN1CC=C(c2cn(S(=O)(=O)c3csc4ccccc34)c3ccccc23)CC1.Cc1cc(S(=O)(=O)n2cc(C3=CCN(C)CC3)c3cc(C(F)(F)F)ccc32)c(C)o1. The van der Waals surface area contributed by atoms with Crippen LogP contribution in [0.3, 0.4) is 0 Å². The van der Waals surface area contributed by atoms with Crippen LogP contribution in [0.2, 0.25) is 0 Å². The predicted molar refractivity (Wildman–Crippen MR) is 341 cm³/mol. The van der Waals surface area contributed by atoms with Crippen molar-refractivity contribution in [2.75, 3.05) is 60.4 Å². The molecule has 6 aromatic heterocycles. The molecule has 0 unspecified atom stereocenters. The molecule has 0 N–H and O–H groups in total. The number of halogens is 4. The molecule has 3 aliphatic rings. The summed E-state index contributed by atoms with van der Waals surface area (Å²) in [6.45, 7) is 8.12. The predicted octanol–water partition coefficient (Wildman–Crippen LogP) is 14.6. The highest BCUT2D eigenvalue weighted by Gasteiger charge is 2.34. The van der Waals surface area contributed by atoms with Gasteiger partial charge in [0.15, 0.2) is 0 Å². The van der Waals surface area contributed by atoms with E-state index in [2.05, 4.69) is 33.9 Å². The maximum Gasteiger partial charge on any atom is 0.416 e. The summed E-state index contributed by atoms with van der Waals surface area (Å²) in [5.74, 6) is 0.310. The van der Waals surface area contributed by atoms with Crippen molar-refractivity contribution < 1.29 is 47.2 Å². The Balaban J connectivity index is 0.000000127. The average molecular weight is 1270 g/mol. The first kappa shape index (κ1) is 59.9. The summed E-state index contributed by atoms with van der Waals surface area (Å²) < 4.78 is 146. The number of nitrogens with zero attached hydrogens (tertiary/aromatic N) is 6. The van der Waals surface area contributed by atoms with Crippen LogP contribution in [0, 0.1) is 19.7 Å². The lowest BCUT2D eigenvalue weighted by molar-refractivity contribution is -0.137. The van der Waals surface area contributed by atoms with Gasteiger partial charge in [0.1, 0.15) is 32.0 Å². The molecule has 13 nitrogen and oxygen atoms in total.